The van der Waals surface area contributed by atoms with Gasteiger partial charge in [0.2, 0.25) is 0 Å². The van der Waals surface area contributed by atoms with Crippen molar-refractivity contribution >= 4 is 0 Å². The van der Waals surface area contributed by atoms with Gasteiger partial charge in [-0.05, 0) is 54.4 Å². The van der Waals surface area contributed by atoms with Gasteiger partial charge in [0.25, 0.3) is 0 Å². The van der Waals surface area contributed by atoms with E-state index in [1.807, 2.05) is 66.7 Å². The quantitative estimate of drug-likeness (QED) is 0.551. The zero-order valence-electron chi connectivity index (χ0n) is 19.4. The molecule has 33 heavy (non-hydrogen) atoms. The van der Waals surface area contributed by atoms with E-state index in [0.29, 0.717) is 13.2 Å². The Balaban J connectivity index is 1.50. The Hall–Kier alpha value is -3.22. The maximum Gasteiger partial charge on any atom is 0.123 e. The number of para-hydroxylation sites is 1. The lowest BCUT2D eigenvalue weighted by molar-refractivity contribution is 0.00748. The first-order chi connectivity index (χ1) is 16.0. The van der Waals surface area contributed by atoms with Gasteiger partial charge in [-0.2, -0.15) is 0 Å². The molecule has 0 bridgehead atoms. The molecule has 0 saturated heterocycles. The molecule has 0 fully saturated rings. The van der Waals surface area contributed by atoms with E-state index in [2.05, 4.69) is 4.90 Å². The van der Waals surface area contributed by atoms with Gasteiger partial charge in [-0.3, -0.25) is 4.90 Å². The fraction of sp³-hybridized carbons (Fsp3) is 0.333. The highest BCUT2D eigenvalue weighted by Gasteiger charge is 2.26. The van der Waals surface area contributed by atoms with Gasteiger partial charge in [0, 0.05) is 31.3 Å². The maximum atomic E-state index is 11.1. The summed E-state index contributed by atoms with van der Waals surface area (Å²) in [4.78, 5) is 2.32. The Labute approximate surface area is 195 Å². The van der Waals surface area contributed by atoms with E-state index in [1.165, 1.54) is 0 Å². The minimum atomic E-state index is -1.14. The number of benzene rings is 3. The molecule has 1 heterocycles. The van der Waals surface area contributed by atoms with Crippen LogP contribution in [-0.2, 0) is 18.7 Å². The molecule has 0 amide bonds. The van der Waals surface area contributed by atoms with E-state index in [9.17, 15) is 5.11 Å². The second kappa shape index (κ2) is 10.1. The number of hydrogen-bond acceptors (Lipinski definition) is 6. The van der Waals surface area contributed by atoms with Crippen molar-refractivity contribution in [3.8, 4) is 23.0 Å². The zero-order chi connectivity index (χ0) is 23.3. The zero-order valence-corrected chi connectivity index (χ0v) is 19.4. The summed E-state index contributed by atoms with van der Waals surface area (Å²) in [6, 6.07) is 21.3. The predicted molar refractivity (Wildman–Crippen MR) is 127 cm³/mol. The smallest absolute Gasteiger partial charge is 0.123 e. The first kappa shape index (κ1) is 23.0. The van der Waals surface area contributed by atoms with Gasteiger partial charge in [0.05, 0.1) is 14.2 Å². The number of rotatable bonds is 8. The molecule has 1 aliphatic heterocycles. The minimum absolute atomic E-state index is 0.157. The Morgan fingerprint density at radius 2 is 1.67 bits per heavy atom. The summed E-state index contributed by atoms with van der Waals surface area (Å²) in [7, 11) is 3.31. The first-order valence-corrected chi connectivity index (χ1v) is 11.1. The van der Waals surface area contributed by atoms with E-state index < -0.39 is 5.60 Å². The molecule has 3 aromatic carbocycles. The Morgan fingerprint density at radius 1 is 0.939 bits per heavy atom. The standard InChI is InChI=1S/C27H31NO5/c1-27(29,19-33-23-7-5-4-6-8-23)22-9-10-26-21(15-22)18-28(11-12-32-26)17-20-13-24(30-2)16-25(14-20)31-3/h4-10,13-16,29H,11-12,17-19H2,1-3H3/t27-/m0/s1. The molecule has 0 radical (unpaired) electrons. The number of ether oxygens (including phenoxy) is 4. The van der Waals surface area contributed by atoms with Crippen LogP contribution >= 0.6 is 0 Å². The van der Waals surface area contributed by atoms with Gasteiger partial charge in [-0.1, -0.05) is 24.3 Å². The van der Waals surface area contributed by atoms with E-state index in [-0.39, 0.29) is 6.61 Å². The van der Waals surface area contributed by atoms with Crippen LogP contribution in [0, 0.1) is 0 Å². The topological polar surface area (TPSA) is 60.4 Å². The molecule has 0 aromatic heterocycles. The van der Waals surface area contributed by atoms with Crippen LogP contribution in [-0.4, -0.2) is 44.0 Å². The Kier molecular flexibility index (Phi) is 7.06. The first-order valence-electron chi connectivity index (χ1n) is 11.1. The second-order valence-corrected chi connectivity index (χ2v) is 8.48. The SMILES string of the molecule is COc1cc(CN2CCOc3ccc([C@@](C)(O)COc4ccccc4)cc3C2)cc(OC)c1. The summed E-state index contributed by atoms with van der Waals surface area (Å²) in [5.74, 6) is 3.13. The van der Waals surface area contributed by atoms with Crippen molar-refractivity contribution in [2.45, 2.75) is 25.6 Å². The van der Waals surface area contributed by atoms with Crippen molar-refractivity contribution in [3.63, 3.8) is 0 Å². The van der Waals surface area contributed by atoms with E-state index in [4.69, 9.17) is 18.9 Å². The molecule has 0 unspecified atom stereocenters. The average molecular weight is 450 g/mol. The normalized spacial score (nSPS) is 15.5. The predicted octanol–water partition coefficient (Wildman–Crippen LogP) is 4.38. The second-order valence-electron chi connectivity index (χ2n) is 8.48. The summed E-state index contributed by atoms with van der Waals surface area (Å²) in [6.07, 6.45) is 0. The molecule has 1 atom stereocenters. The van der Waals surface area contributed by atoms with Crippen molar-refractivity contribution in [1.29, 1.82) is 0 Å². The Bertz CT molecular complexity index is 1050. The third-order valence-electron chi connectivity index (χ3n) is 5.82. The lowest BCUT2D eigenvalue weighted by Crippen LogP contribution is -2.30. The van der Waals surface area contributed by atoms with Crippen LogP contribution in [0.3, 0.4) is 0 Å². The number of aliphatic hydroxyl groups is 1. The summed E-state index contributed by atoms with van der Waals surface area (Å²) in [5.41, 5.74) is 1.81. The third-order valence-corrected chi connectivity index (χ3v) is 5.82. The third kappa shape index (κ3) is 5.78. The van der Waals surface area contributed by atoms with Crippen molar-refractivity contribution in [3.05, 3.63) is 83.4 Å². The Morgan fingerprint density at radius 3 is 2.36 bits per heavy atom. The van der Waals surface area contributed by atoms with Gasteiger partial charge in [-0.25, -0.2) is 0 Å². The number of nitrogens with zero attached hydrogens (tertiary/aromatic N) is 1. The summed E-state index contributed by atoms with van der Waals surface area (Å²) >= 11 is 0. The van der Waals surface area contributed by atoms with E-state index in [0.717, 1.165) is 52.8 Å². The summed E-state index contributed by atoms with van der Waals surface area (Å²) in [5, 5.41) is 11.1. The van der Waals surface area contributed by atoms with Gasteiger partial charge >= 0.3 is 0 Å². The summed E-state index contributed by atoms with van der Waals surface area (Å²) < 4.78 is 22.6. The molecular weight excluding hydrogens is 418 g/mol. The molecule has 0 spiro atoms. The molecular formula is C27H31NO5. The van der Waals surface area contributed by atoms with Crippen LogP contribution in [0.15, 0.2) is 66.7 Å². The van der Waals surface area contributed by atoms with Gasteiger partial charge < -0.3 is 24.1 Å². The molecule has 0 aliphatic carbocycles. The van der Waals surface area contributed by atoms with Crippen LogP contribution < -0.4 is 18.9 Å². The van der Waals surface area contributed by atoms with E-state index >= 15 is 0 Å². The van der Waals surface area contributed by atoms with Gasteiger partial charge in [0.15, 0.2) is 0 Å². The fourth-order valence-corrected chi connectivity index (χ4v) is 3.96. The van der Waals surface area contributed by atoms with Crippen molar-refractivity contribution in [1.82, 2.24) is 4.90 Å². The molecule has 1 N–H and O–H groups in total. The molecule has 174 valence electrons. The largest absolute Gasteiger partial charge is 0.497 e. The molecule has 0 saturated carbocycles. The van der Waals surface area contributed by atoms with Gasteiger partial charge in [-0.15, -0.1) is 0 Å². The van der Waals surface area contributed by atoms with Crippen LogP contribution in [0.25, 0.3) is 0 Å². The van der Waals surface area contributed by atoms with Crippen molar-refractivity contribution in [2.75, 3.05) is 34.0 Å². The van der Waals surface area contributed by atoms with Crippen LogP contribution in [0.2, 0.25) is 0 Å². The van der Waals surface area contributed by atoms with Crippen LogP contribution in [0.5, 0.6) is 23.0 Å². The summed E-state index contributed by atoms with van der Waals surface area (Å²) in [6.45, 7) is 4.75. The molecule has 4 rings (SSSR count). The van der Waals surface area contributed by atoms with Crippen LogP contribution in [0.4, 0.5) is 0 Å². The molecule has 1 aliphatic rings. The molecule has 3 aromatic rings. The monoisotopic (exact) mass is 449 g/mol. The average Bonchev–Trinajstić information content (AvgIpc) is 3.04. The lowest BCUT2D eigenvalue weighted by atomic mass is 9.94. The fourth-order valence-electron chi connectivity index (χ4n) is 3.96. The molecule has 6 heteroatoms. The lowest BCUT2D eigenvalue weighted by Gasteiger charge is -2.25. The minimum Gasteiger partial charge on any atom is -0.497 e. The van der Waals surface area contributed by atoms with Crippen LogP contribution in [0.1, 0.15) is 23.6 Å². The highest BCUT2D eigenvalue weighted by atomic mass is 16.5. The van der Waals surface area contributed by atoms with Crippen molar-refractivity contribution in [2.24, 2.45) is 0 Å². The maximum absolute atomic E-state index is 11.1. The highest BCUT2D eigenvalue weighted by molar-refractivity contribution is 5.41. The van der Waals surface area contributed by atoms with Crippen molar-refractivity contribution < 1.29 is 24.1 Å². The number of fused-ring (bicyclic) bond motifs is 1. The number of hydrogen-bond donors (Lipinski definition) is 1. The van der Waals surface area contributed by atoms with E-state index in [1.54, 1.807) is 21.1 Å². The molecule has 6 nitrogen and oxygen atoms in total. The van der Waals surface area contributed by atoms with Gasteiger partial charge in [0.1, 0.15) is 41.8 Å². The highest BCUT2D eigenvalue weighted by Crippen LogP contribution is 2.31. The number of methoxy groups -OCH3 is 2.